The van der Waals surface area contributed by atoms with Gasteiger partial charge in [-0.1, -0.05) is 6.92 Å². The first-order valence-electron chi connectivity index (χ1n) is 5.28. The zero-order valence-electron chi connectivity index (χ0n) is 10.4. The molecule has 0 aromatic carbocycles. The zero-order chi connectivity index (χ0) is 12.8. The van der Waals surface area contributed by atoms with Gasteiger partial charge in [-0.3, -0.25) is 9.59 Å². The van der Waals surface area contributed by atoms with Gasteiger partial charge in [-0.25, -0.2) is 0 Å². The van der Waals surface area contributed by atoms with E-state index in [4.69, 9.17) is 9.84 Å². The Balaban J connectivity index is 4.07. The number of carbonyl (C=O) groups is 2. The number of rotatable bonds is 7. The number of hydrogen-bond acceptors (Lipinski definition) is 3. The van der Waals surface area contributed by atoms with E-state index in [1.54, 1.807) is 21.0 Å². The number of carbonyl (C=O) groups excluding carboxylic acids is 1. The minimum atomic E-state index is -0.921. The van der Waals surface area contributed by atoms with Gasteiger partial charge in [0.1, 0.15) is 0 Å². The van der Waals surface area contributed by atoms with Gasteiger partial charge < -0.3 is 15.2 Å². The fraction of sp³-hybridized carbons (Fsp3) is 0.818. The summed E-state index contributed by atoms with van der Waals surface area (Å²) in [5.41, 5.74) is -0.713. The summed E-state index contributed by atoms with van der Waals surface area (Å²) < 4.78 is 4.93. The molecular weight excluding hydrogens is 210 g/mol. The lowest BCUT2D eigenvalue weighted by molar-refractivity contribution is -0.138. The lowest BCUT2D eigenvalue weighted by Gasteiger charge is -2.25. The molecule has 0 aromatic rings. The van der Waals surface area contributed by atoms with E-state index in [2.05, 4.69) is 5.32 Å². The molecule has 2 N–H and O–H groups in total. The van der Waals surface area contributed by atoms with Crippen LogP contribution in [-0.2, 0) is 14.3 Å². The van der Waals surface area contributed by atoms with E-state index in [0.717, 1.165) is 0 Å². The van der Waals surface area contributed by atoms with Crippen molar-refractivity contribution in [2.24, 2.45) is 5.92 Å². The Labute approximate surface area is 96.2 Å². The number of ether oxygens (including phenoxy) is 1. The summed E-state index contributed by atoms with van der Waals surface area (Å²) in [6, 6.07) is 0. The van der Waals surface area contributed by atoms with E-state index in [9.17, 15) is 9.59 Å². The Morgan fingerprint density at radius 1 is 1.44 bits per heavy atom. The van der Waals surface area contributed by atoms with E-state index < -0.39 is 11.5 Å². The maximum absolute atomic E-state index is 11.6. The zero-order valence-corrected chi connectivity index (χ0v) is 10.4. The molecule has 0 fully saturated rings. The minimum Gasteiger partial charge on any atom is -0.481 e. The smallest absolute Gasteiger partial charge is 0.305 e. The van der Waals surface area contributed by atoms with Crippen LogP contribution in [0.3, 0.4) is 0 Å². The number of carboxylic acids is 1. The minimum absolute atomic E-state index is 0.0859. The van der Waals surface area contributed by atoms with Crippen LogP contribution < -0.4 is 5.32 Å². The van der Waals surface area contributed by atoms with Gasteiger partial charge in [0.15, 0.2) is 0 Å². The van der Waals surface area contributed by atoms with Crippen molar-refractivity contribution >= 4 is 11.9 Å². The molecule has 0 bridgehead atoms. The largest absolute Gasteiger partial charge is 0.481 e. The van der Waals surface area contributed by atoms with Gasteiger partial charge in [-0.05, 0) is 19.8 Å². The average Bonchev–Trinajstić information content (AvgIpc) is 1.98. The second kappa shape index (κ2) is 6.48. The SMILES string of the molecule is COCC(C)CC(=O)NC(C)(C)CC(=O)O. The molecule has 1 unspecified atom stereocenters. The van der Waals surface area contributed by atoms with Gasteiger partial charge in [0.2, 0.25) is 5.91 Å². The van der Waals surface area contributed by atoms with Crippen molar-refractivity contribution < 1.29 is 19.4 Å². The lowest BCUT2D eigenvalue weighted by Crippen LogP contribution is -2.45. The molecule has 0 aliphatic heterocycles. The third-order valence-electron chi connectivity index (χ3n) is 2.06. The fourth-order valence-corrected chi connectivity index (χ4v) is 1.51. The molecule has 94 valence electrons. The Kier molecular flexibility index (Phi) is 6.03. The number of nitrogens with one attached hydrogen (secondary N) is 1. The van der Waals surface area contributed by atoms with Crippen LogP contribution in [0.4, 0.5) is 0 Å². The van der Waals surface area contributed by atoms with Crippen LogP contribution in [0.1, 0.15) is 33.6 Å². The summed E-state index contributed by atoms with van der Waals surface area (Å²) >= 11 is 0. The summed E-state index contributed by atoms with van der Waals surface area (Å²) in [6.07, 6.45) is 0.258. The van der Waals surface area contributed by atoms with Gasteiger partial charge >= 0.3 is 5.97 Å². The van der Waals surface area contributed by atoms with Crippen molar-refractivity contribution in [1.29, 1.82) is 0 Å². The second-order valence-corrected chi connectivity index (χ2v) is 4.77. The molecule has 0 saturated carbocycles. The average molecular weight is 231 g/mol. The summed E-state index contributed by atoms with van der Waals surface area (Å²) in [7, 11) is 1.59. The van der Waals surface area contributed by atoms with E-state index in [1.165, 1.54) is 0 Å². The summed E-state index contributed by atoms with van der Waals surface area (Å²) in [4.78, 5) is 22.1. The third kappa shape index (κ3) is 7.23. The lowest BCUT2D eigenvalue weighted by atomic mass is 9.99. The molecule has 0 spiro atoms. The highest BCUT2D eigenvalue weighted by Crippen LogP contribution is 2.10. The number of amides is 1. The first-order chi connectivity index (χ1) is 7.26. The molecule has 0 radical (unpaired) electrons. The predicted molar refractivity (Wildman–Crippen MR) is 60.1 cm³/mol. The summed E-state index contributed by atoms with van der Waals surface area (Å²) in [6.45, 7) is 5.82. The molecule has 0 rings (SSSR count). The van der Waals surface area contributed by atoms with Gasteiger partial charge in [0.05, 0.1) is 6.42 Å². The van der Waals surface area contributed by atoms with Gasteiger partial charge in [0, 0.05) is 25.7 Å². The fourth-order valence-electron chi connectivity index (χ4n) is 1.51. The summed E-state index contributed by atoms with van der Waals surface area (Å²) in [5, 5.41) is 11.4. The number of carboxylic acid groups (broad SMARTS) is 1. The first-order valence-corrected chi connectivity index (χ1v) is 5.28. The van der Waals surface area contributed by atoms with Gasteiger partial charge in [-0.15, -0.1) is 0 Å². The van der Waals surface area contributed by atoms with Crippen molar-refractivity contribution in [3.05, 3.63) is 0 Å². The van der Waals surface area contributed by atoms with Crippen LogP contribution >= 0.6 is 0 Å². The standard InChI is InChI=1S/C11H21NO4/c1-8(7-16-4)5-9(13)12-11(2,3)6-10(14)15/h8H,5-7H2,1-4H3,(H,12,13)(H,14,15). The Morgan fingerprint density at radius 2 is 2.00 bits per heavy atom. The molecule has 0 aliphatic carbocycles. The molecule has 0 heterocycles. The van der Waals surface area contributed by atoms with E-state index in [0.29, 0.717) is 13.0 Å². The third-order valence-corrected chi connectivity index (χ3v) is 2.06. The highest BCUT2D eigenvalue weighted by molar-refractivity contribution is 5.78. The Bertz CT molecular complexity index is 250. The van der Waals surface area contributed by atoms with Crippen LogP contribution in [-0.4, -0.2) is 36.2 Å². The van der Waals surface area contributed by atoms with Crippen molar-refractivity contribution in [3.63, 3.8) is 0 Å². The van der Waals surface area contributed by atoms with Crippen molar-refractivity contribution in [1.82, 2.24) is 5.32 Å². The van der Waals surface area contributed by atoms with Crippen LogP contribution in [0.5, 0.6) is 0 Å². The Morgan fingerprint density at radius 3 is 2.44 bits per heavy atom. The molecule has 1 amide bonds. The summed E-state index contributed by atoms with van der Waals surface area (Å²) in [5.74, 6) is -0.934. The van der Waals surface area contributed by atoms with E-state index in [1.807, 2.05) is 6.92 Å². The van der Waals surface area contributed by atoms with Crippen LogP contribution in [0.25, 0.3) is 0 Å². The van der Waals surface area contributed by atoms with Crippen molar-refractivity contribution in [2.75, 3.05) is 13.7 Å². The maximum Gasteiger partial charge on any atom is 0.305 e. The quantitative estimate of drug-likeness (QED) is 0.686. The van der Waals surface area contributed by atoms with E-state index >= 15 is 0 Å². The van der Waals surface area contributed by atoms with Crippen LogP contribution in [0, 0.1) is 5.92 Å². The molecule has 1 atom stereocenters. The van der Waals surface area contributed by atoms with Gasteiger partial charge in [0.25, 0.3) is 0 Å². The first kappa shape index (κ1) is 14.9. The molecule has 5 nitrogen and oxygen atoms in total. The number of methoxy groups -OCH3 is 1. The molecule has 0 saturated heterocycles. The highest BCUT2D eigenvalue weighted by Gasteiger charge is 2.24. The van der Waals surface area contributed by atoms with Crippen LogP contribution in [0.15, 0.2) is 0 Å². The maximum atomic E-state index is 11.6. The molecule has 5 heteroatoms. The van der Waals surface area contributed by atoms with E-state index in [-0.39, 0.29) is 18.2 Å². The molecule has 0 aromatic heterocycles. The topological polar surface area (TPSA) is 75.6 Å². The number of aliphatic carboxylic acids is 1. The molecule has 16 heavy (non-hydrogen) atoms. The molecular formula is C11H21NO4. The van der Waals surface area contributed by atoms with Crippen molar-refractivity contribution in [2.45, 2.75) is 39.2 Å². The second-order valence-electron chi connectivity index (χ2n) is 4.77. The number of hydrogen-bond donors (Lipinski definition) is 2. The van der Waals surface area contributed by atoms with Crippen LogP contribution in [0.2, 0.25) is 0 Å². The monoisotopic (exact) mass is 231 g/mol. The highest BCUT2D eigenvalue weighted by atomic mass is 16.5. The van der Waals surface area contributed by atoms with Gasteiger partial charge in [-0.2, -0.15) is 0 Å². The predicted octanol–water partition coefficient (Wildman–Crippen LogP) is 1.03. The van der Waals surface area contributed by atoms with Crippen molar-refractivity contribution in [3.8, 4) is 0 Å². The Hall–Kier alpha value is -1.10. The molecule has 0 aliphatic rings. The normalized spacial score (nSPS) is 13.2.